The Labute approximate surface area is 239 Å². The van der Waals surface area contributed by atoms with E-state index in [9.17, 15) is 13.2 Å². The van der Waals surface area contributed by atoms with Gasteiger partial charge in [0.2, 0.25) is 5.91 Å². The summed E-state index contributed by atoms with van der Waals surface area (Å²) in [6, 6.07) is 14.5. The van der Waals surface area contributed by atoms with Gasteiger partial charge in [0.1, 0.15) is 5.75 Å². The Hall–Kier alpha value is -2.54. The third-order valence-corrected chi connectivity index (χ3v) is 12.8. The molecule has 7 heteroatoms. The summed E-state index contributed by atoms with van der Waals surface area (Å²) >= 11 is 0. The number of ether oxygens (including phenoxy) is 1. The highest BCUT2D eigenvalue weighted by atomic mass is 32.2. The number of hydrogen-bond acceptors (Lipinski definition) is 4. The van der Waals surface area contributed by atoms with E-state index in [0.29, 0.717) is 47.7 Å². The second-order valence-corrected chi connectivity index (χ2v) is 15.5. The molecule has 6 rings (SSSR count). The average molecular weight is 565 g/mol. The van der Waals surface area contributed by atoms with Crippen LogP contribution in [0.15, 0.2) is 53.4 Å². The van der Waals surface area contributed by atoms with Crippen LogP contribution in [0.5, 0.6) is 5.75 Å². The molecule has 4 fully saturated rings. The molecule has 2 aromatic carbocycles. The van der Waals surface area contributed by atoms with E-state index in [0.717, 1.165) is 37.0 Å². The quantitative estimate of drug-likeness (QED) is 0.441. The Balaban J connectivity index is 1.14. The zero-order valence-electron chi connectivity index (χ0n) is 24.5. The number of aryl methyl sites for hydroxylation is 1. The molecule has 0 radical (unpaired) electrons. The number of amides is 1. The van der Waals surface area contributed by atoms with Crippen molar-refractivity contribution in [3.05, 3.63) is 54.1 Å². The maximum Gasteiger partial charge on any atom is 0.261 e. The molecule has 1 heterocycles. The molecule has 3 aliphatic carbocycles. The van der Waals surface area contributed by atoms with E-state index in [1.807, 2.05) is 26.1 Å². The van der Waals surface area contributed by atoms with E-state index >= 15 is 0 Å². The average Bonchev–Trinajstić information content (AvgIpc) is 3.25. The molecular weight excluding hydrogens is 520 g/mol. The number of carbonyl (C=O) groups excluding carboxylic acids is 1. The third-order valence-electron chi connectivity index (χ3n) is 11.4. The van der Waals surface area contributed by atoms with Crippen molar-refractivity contribution in [2.75, 3.05) is 11.8 Å². The van der Waals surface area contributed by atoms with Crippen LogP contribution in [0, 0.1) is 41.4 Å². The van der Waals surface area contributed by atoms with Gasteiger partial charge in [0.15, 0.2) is 0 Å². The molecule has 1 N–H and O–H groups in total. The van der Waals surface area contributed by atoms with Crippen LogP contribution in [0.4, 0.5) is 5.69 Å². The van der Waals surface area contributed by atoms with E-state index in [-0.39, 0.29) is 21.8 Å². The molecule has 40 heavy (non-hydrogen) atoms. The van der Waals surface area contributed by atoms with E-state index in [1.165, 1.54) is 12.8 Å². The Morgan fingerprint density at radius 1 is 0.975 bits per heavy atom. The van der Waals surface area contributed by atoms with Crippen molar-refractivity contribution >= 4 is 21.6 Å². The largest absolute Gasteiger partial charge is 0.490 e. The normalized spacial score (nSPS) is 37.3. The minimum absolute atomic E-state index is 0.164. The van der Waals surface area contributed by atoms with Crippen LogP contribution in [0.2, 0.25) is 0 Å². The van der Waals surface area contributed by atoms with Crippen LogP contribution in [0.1, 0.15) is 71.3 Å². The number of rotatable bonds is 5. The lowest BCUT2D eigenvalue weighted by Gasteiger charge is -2.63. The molecule has 4 aliphatic rings. The number of sulfonamides is 1. The lowest BCUT2D eigenvalue weighted by molar-refractivity contribution is -0.164. The number of nitrogens with one attached hydrogen (secondary N) is 1. The molecule has 0 spiro atoms. The highest BCUT2D eigenvalue weighted by molar-refractivity contribution is 7.92. The molecule has 2 aromatic rings. The molecule has 0 bridgehead atoms. The summed E-state index contributed by atoms with van der Waals surface area (Å²) < 4.78 is 34.8. The Bertz CT molecular complexity index is 1370. The van der Waals surface area contributed by atoms with Crippen molar-refractivity contribution in [2.24, 2.45) is 34.5 Å². The summed E-state index contributed by atoms with van der Waals surface area (Å²) in [7, 11) is -1.61. The van der Waals surface area contributed by atoms with Crippen molar-refractivity contribution in [3.8, 4) is 5.75 Å². The SMILES string of the molecule is Cc1ccc(S(=O)(=O)Nc2ccc(O[C@H]3C[C@H]4C5[C@@H](C)C[C@H]6N(C)C(=O)CC[C@]6(C)[C@H]5CC[C@]4(C)C3)cc2)cc1. The van der Waals surface area contributed by atoms with Crippen LogP contribution < -0.4 is 9.46 Å². The van der Waals surface area contributed by atoms with Gasteiger partial charge >= 0.3 is 0 Å². The zero-order chi connectivity index (χ0) is 28.4. The van der Waals surface area contributed by atoms with Gasteiger partial charge < -0.3 is 9.64 Å². The number of hydrogen-bond donors (Lipinski definition) is 1. The molecule has 1 unspecified atom stereocenters. The molecule has 1 aliphatic heterocycles. The van der Waals surface area contributed by atoms with Gasteiger partial charge in [-0.3, -0.25) is 9.52 Å². The van der Waals surface area contributed by atoms with Crippen LogP contribution in [-0.4, -0.2) is 38.4 Å². The highest BCUT2D eigenvalue weighted by Crippen LogP contribution is 2.66. The molecule has 6 nitrogen and oxygen atoms in total. The molecule has 1 amide bonds. The van der Waals surface area contributed by atoms with Crippen molar-refractivity contribution in [1.29, 1.82) is 0 Å². The monoisotopic (exact) mass is 564 g/mol. The lowest BCUT2D eigenvalue weighted by atomic mass is 9.45. The first-order valence-electron chi connectivity index (χ1n) is 15.0. The molecule has 1 saturated heterocycles. The van der Waals surface area contributed by atoms with Gasteiger partial charge in [-0.2, -0.15) is 0 Å². The van der Waals surface area contributed by atoms with E-state index in [1.54, 1.807) is 36.4 Å². The Kier molecular flexibility index (Phi) is 6.75. The summed E-state index contributed by atoms with van der Waals surface area (Å²) in [5.74, 6) is 3.67. The second-order valence-electron chi connectivity index (χ2n) is 13.8. The summed E-state index contributed by atoms with van der Waals surface area (Å²) in [4.78, 5) is 14.9. The third kappa shape index (κ3) is 4.62. The fourth-order valence-electron chi connectivity index (χ4n) is 9.27. The van der Waals surface area contributed by atoms with Gasteiger partial charge in [0, 0.05) is 25.2 Å². The number of nitrogens with zero attached hydrogens (tertiary/aromatic N) is 1. The van der Waals surface area contributed by atoms with Gasteiger partial charge in [0.05, 0.1) is 11.0 Å². The molecular formula is C33H44N2O4S. The van der Waals surface area contributed by atoms with Crippen LogP contribution in [-0.2, 0) is 14.8 Å². The number of likely N-dealkylation sites (tertiary alicyclic amines) is 1. The van der Waals surface area contributed by atoms with E-state index in [2.05, 4.69) is 30.4 Å². The number of piperidine rings is 1. The maximum absolute atomic E-state index is 12.8. The molecule has 0 aromatic heterocycles. The van der Waals surface area contributed by atoms with Crippen LogP contribution in [0.3, 0.4) is 0 Å². The maximum atomic E-state index is 12.8. The number of fused-ring (bicyclic) bond motifs is 5. The standard InChI is InChI=1S/C33H44N2O4S/c1-21-6-12-26(13-7-21)40(37,38)34-23-8-10-24(11-9-23)39-25-19-28-31-22(2)18-29-33(4,17-15-30(36)35(29)5)27(31)14-16-32(28,3)20-25/h6-13,22,25,27-29,31,34H,14-20H2,1-5H3/t22-,25-,27-,28-,29+,31?,32+,33+/m0/s1. The van der Waals surface area contributed by atoms with Crippen LogP contribution in [0.25, 0.3) is 0 Å². The first-order chi connectivity index (χ1) is 18.9. The highest BCUT2D eigenvalue weighted by Gasteiger charge is 2.62. The van der Waals surface area contributed by atoms with Gasteiger partial charge in [-0.25, -0.2) is 8.42 Å². The number of carbonyl (C=O) groups is 1. The molecule has 8 atom stereocenters. The zero-order valence-corrected chi connectivity index (χ0v) is 25.3. The number of benzene rings is 2. The summed E-state index contributed by atoms with van der Waals surface area (Å²) in [5, 5.41) is 0. The first kappa shape index (κ1) is 27.6. The van der Waals surface area contributed by atoms with E-state index in [4.69, 9.17) is 4.74 Å². The van der Waals surface area contributed by atoms with Gasteiger partial charge in [-0.1, -0.05) is 38.5 Å². The van der Waals surface area contributed by atoms with Crippen molar-refractivity contribution in [1.82, 2.24) is 4.90 Å². The first-order valence-corrected chi connectivity index (χ1v) is 16.5. The smallest absolute Gasteiger partial charge is 0.261 e. The van der Waals surface area contributed by atoms with Crippen molar-refractivity contribution in [2.45, 2.75) is 89.7 Å². The van der Waals surface area contributed by atoms with Crippen molar-refractivity contribution in [3.63, 3.8) is 0 Å². The number of anilines is 1. The Morgan fingerprint density at radius 2 is 1.68 bits per heavy atom. The van der Waals surface area contributed by atoms with E-state index < -0.39 is 10.0 Å². The second kappa shape index (κ2) is 9.78. The van der Waals surface area contributed by atoms with Crippen molar-refractivity contribution < 1.29 is 17.9 Å². The lowest BCUT2D eigenvalue weighted by Crippen LogP contribution is -2.62. The minimum Gasteiger partial charge on any atom is -0.490 e. The summed E-state index contributed by atoms with van der Waals surface area (Å²) in [6.07, 6.45) is 7.59. The summed E-state index contributed by atoms with van der Waals surface area (Å²) in [5.41, 5.74) is 2.04. The predicted octanol–water partition coefficient (Wildman–Crippen LogP) is 6.65. The predicted molar refractivity (Wildman–Crippen MR) is 158 cm³/mol. The van der Waals surface area contributed by atoms with Gasteiger partial charge in [0.25, 0.3) is 10.0 Å². The van der Waals surface area contributed by atoms with Crippen LogP contribution >= 0.6 is 0 Å². The molecule has 3 saturated carbocycles. The minimum atomic E-state index is -3.64. The van der Waals surface area contributed by atoms with Gasteiger partial charge in [-0.05, 0) is 116 Å². The van der Waals surface area contributed by atoms with Gasteiger partial charge in [-0.15, -0.1) is 0 Å². The Morgan fingerprint density at radius 3 is 2.38 bits per heavy atom. The fraction of sp³-hybridized carbons (Fsp3) is 0.606. The fourth-order valence-corrected chi connectivity index (χ4v) is 10.3. The molecule has 216 valence electrons. The summed E-state index contributed by atoms with van der Waals surface area (Å²) in [6.45, 7) is 9.33. The topological polar surface area (TPSA) is 75.7 Å².